The Hall–Kier alpha value is -0.930. The molecule has 0 amide bonds. The average Bonchev–Trinajstić information content (AvgIpc) is 2.97. The van der Waals surface area contributed by atoms with E-state index in [1.807, 2.05) is 19.3 Å². The Bertz CT molecular complexity index is 375. The second-order valence-electron chi connectivity index (χ2n) is 5.31. The summed E-state index contributed by atoms with van der Waals surface area (Å²) in [5.74, 6) is 0. The van der Waals surface area contributed by atoms with Crippen molar-refractivity contribution >= 4 is 0 Å². The minimum atomic E-state index is 0.373. The first-order valence-electron chi connectivity index (χ1n) is 7.57. The summed E-state index contributed by atoms with van der Waals surface area (Å²) in [6, 6.07) is 4.59. The topological polar surface area (TPSA) is 34.1 Å². The summed E-state index contributed by atoms with van der Waals surface area (Å²) in [5.41, 5.74) is 2.58. The maximum atomic E-state index is 5.68. The molecule has 1 fully saturated rings. The molecule has 0 aromatic carbocycles. The van der Waals surface area contributed by atoms with Crippen molar-refractivity contribution < 1.29 is 4.74 Å². The number of aryl methyl sites for hydroxylation is 1. The minimum absolute atomic E-state index is 0.373. The highest BCUT2D eigenvalue weighted by Crippen LogP contribution is 2.24. The summed E-state index contributed by atoms with van der Waals surface area (Å²) < 4.78 is 5.68. The van der Waals surface area contributed by atoms with Crippen LogP contribution in [0, 0.1) is 0 Å². The second-order valence-corrected chi connectivity index (χ2v) is 5.31. The Morgan fingerprint density at radius 1 is 1.53 bits per heavy atom. The van der Waals surface area contributed by atoms with Crippen molar-refractivity contribution in [2.24, 2.45) is 0 Å². The molecule has 106 valence electrons. The van der Waals surface area contributed by atoms with Gasteiger partial charge in [-0.2, -0.15) is 0 Å². The van der Waals surface area contributed by atoms with Gasteiger partial charge in [0.25, 0.3) is 0 Å². The van der Waals surface area contributed by atoms with Crippen molar-refractivity contribution in [2.45, 2.75) is 57.6 Å². The van der Waals surface area contributed by atoms with E-state index < -0.39 is 0 Å². The van der Waals surface area contributed by atoms with E-state index in [-0.39, 0.29) is 0 Å². The first-order valence-corrected chi connectivity index (χ1v) is 7.57. The van der Waals surface area contributed by atoms with Gasteiger partial charge in [-0.15, -0.1) is 0 Å². The fourth-order valence-electron chi connectivity index (χ4n) is 2.90. The van der Waals surface area contributed by atoms with Gasteiger partial charge < -0.3 is 10.1 Å². The largest absolute Gasteiger partial charge is 0.378 e. The molecule has 1 aromatic heterocycles. The fourth-order valence-corrected chi connectivity index (χ4v) is 2.90. The van der Waals surface area contributed by atoms with Crippen LogP contribution in [0.5, 0.6) is 0 Å². The van der Waals surface area contributed by atoms with E-state index in [2.05, 4.69) is 23.3 Å². The van der Waals surface area contributed by atoms with Gasteiger partial charge in [0.2, 0.25) is 0 Å². The Morgan fingerprint density at radius 3 is 3.11 bits per heavy atom. The van der Waals surface area contributed by atoms with Crippen LogP contribution in [-0.4, -0.2) is 24.7 Å². The van der Waals surface area contributed by atoms with Gasteiger partial charge in [-0.3, -0.25) is 4.98 Å². The molecule has 2 heterocycles. The molecule has 1 aliphatic rings. The number of ether oxygens (including phenoxy) is 1. The van der Waals surface area contributed by atoms with Crippen LogP contribution in [0.25, 0.3) is 0 Å². The molecule has 0 radical (unpaired) electrons. The number of rotatable bonds is 7. The molecule has 0 saturated carbocycles. The van der Waals surface area contributed by atoms with Crippen LogP contribution < -0.4 is 5.32 Å². The predicted molar refractivity (Wildman–Crippen MR) is 78.2 cm³/mol. The first kappa shape index (κ1) is 14.5. The molecule has 1 aromatic rings. The summed E-state index contributed by atoms with van der Waals surface area (Å²) in [6.07, 6.45) is 9.47. The van der Waals surface area contributed by atoms with E-state index in [0.29, 0.717) is 12.1 Å². The number of hydrogen-bond donors (Lipinski definition) is 1. The van der Waals surface area contributed by atoms with Crippen LogP contribution >= 0.6 is 0 Å². The standard InChI is InChI=1S/C16H26N2O/c1-3-13-7-5-11-18-16(13)15(17-2)10-4-8-14-9-6-12-19-14/h5,7,11,14-15,17H,3-4,6,8-10,12H2,1-2H3. The average molecular weight is 262 g/mol. The lowest BCUT2D eigenvalue weighted by molar-refractivity contribution is 0.101. The van der Waals surface area contributed by atoms with Crippen LogP contribution in [0.3, 0.4) is 0 Å². The Morgan fingerprint density at radius 2 is 2.42 bits per heavy atom. The molecular formula is C16H26N2O. The zero-order chi connectivity index (χ0) is 13.5. The number of aromatic nitrogens is 1. The zero-order valence-corrected chi connectivity index (χ0v) is 12.2. The van der Waals surface area contributed by atoms with E-state index in [9.17, 15) is 0 Å². The number of nitrogens with one attached hydrogen (secondary N) is 1. The van der Waals surface area contributed by atoms with Gasteiger partial charge in [0.1, 0.15) is 0 Å². The monoisotopic (exact) mass is 262 g/mol. The molecular weight excluding hydrogens is 236 g/mol. The van der Waals surface area contributed by atoms with Crippen molar-refractivity contribution in [2.75, 3.05) is 13.7 Å². The van der Waals surface area contributed by atoms with Gasteiger partial charge in [-0.05, 0) is 57.2 Å². The first-order chi connectivity index (χ1) is 9.35. The van der Waals surface area contributed by atoms with Crippen LogP contribution in [-0.2, 0) is 11.2 Å². The highest BCUT2D eigenvalue weighted by Gasteiger charge is 2.18. The Labute approximate surface area is 116 Å². The van der Waals surface area contributed by atoms with Gasteiger partial charge in [-0.1, -0.05) is 13.0 Å². The summed E-state index contributed by atoms with van der Waals surface area (Å²) in [6.45, 7) is 3.15. The van der Waals surface area contributed by atoms with Gasteiger partial charge in [0, 0.05) is 18.8 Å². The van der Waals surface area contributed by atoms with Crippen LogP contribution in [0.2, 0.25) is 0 Å². The summed E-state index contributed by atoms with van der Waals surface area (Å²) in [5, 5.41) is 3.42. The molecule has 0 bridgehead atoms. The van der Waals surface area contributed by atoms with E-state index in [0.717, 1.165) is 19.4 Å². The van der Waals surface area contributed by atoms with E-state index >= 15 is 0 Å². The molecule has 2 atom stereocenters. The predicted octanol–water partition coefficient (Wildman–Crippen LogP) is 3.25. The SMILES string of the molecule is CCc1cccnc1C(CCCC1CCCO1)NC. The number of nitrogens with zero attached hydrogens (tertiary/aromatic N) is 1. The second kappa shape index (κ2) is 7.61. The molecule has 0 spiro atoms. The molecule has 1 saturated heterocycles. The molecule has 2 unspecified atom stereocenters. The Kier molecular flexibility index (Phi) is 5.80. The zero-order valence-electron chi connectivity index (χ0n) is 12.2. The van der Waals surface area contributed by atoms with Crippen molar-refractivity contribution in [3.63, 3.8) is 0 Å². The molecule has 0 aliphatic carbocycles. The summed E-state index contributed by atoms with van der Waals surface area (Å²) in [7, 11) is 2.03. The van der Waals surface area contributed by atoms with E-state index in [4.69, 9.17) is 4.74 Å². The van der Waals surface area contributed by atoms with Gasteiger partial charge in [-0.25, -0.2) is 0 Å². The van der Waals surface area contributed by atoms with Gasteiger partial charge in [0.05, 0.1) is 11.8 Å². The minimum Gasteiger partial charge on any atom is -0.378 e. The maximum absolute atomic E-state index is 5.68. The van der Waals surface area contributed by atoms with E-state index in [1.165, 1.54) is 36.9 Å². The quantitative estimate of drug-likeness (QED) is 0.819. The van der Waals surface area contributed by atoms with Crippen LogP contribution in [0.15, 0.2) is 18.3 Å². The third-order valence-electron chi connectivity index (χ3n) is 4.03. The summed E-state index contributed by atoms with van der Waals surface area (Å²) in [4.78, 5) is 4.58. The summed E-state index contributed by atoms with van der Waals surface area (Å²) >= 11 is 0. The molecule has 3 heteroatoms. The van der Waals surface area contributed by atoms with Crippen molar-refractivity contribution in [3.05, 3.63) is 29.6 Å². The molecule has 1 N–H and O–H groups in total. The lowest BCUT2D eigenvalue weighted by atomic mass is 9.99. The highest BCUT2D eigenvalue weighted by atomic mass is 16.5. The molecule has 2 rings (SSSR count). The number of hydrogen-bond acceptors (Lipinski definition) is 3. The van der Waals surface area contributed by atoms with Crippen molar-refractivity contribution in [1.82, 2.24) is 10.3 Å². The highest BCUT2D eigenvalue weighted by molar-refractivity contribution is 5.22. The fraction of sp³-hybridized carbons (Fsp3) is 0.688. The van der Waals surface area contributed by atoms with Gasteiger partial charge in [0.15, 0.2) is 0 Å². The normalized spacial score (nSPS) is 20.6. The van der Waals surface area contributed by atoms with Crippen LogP contribution in [0.4, 0.5) is 0 Å². The third kappa shape index (κ3) is 4.02. The van der Waals surface area contributed by atoms with Gasteiger partial charge >= 0.3 is 0 Å². The number of pyridine rings is 1. The molecule has 3 nitrogen and oxygen atoms in total. The third-order valence-corrected chi connectivity index (χ3v) is 4.03. The molecule has 1 aliphatic heterocycles. The lowest BCUT2D eigenvalue weighted by Gasteiger charge is -2.19. The van der Waals surface area contributed by atoms with Crippen LogP contribution in [0.1, 0.15) is 56.3 Å². The lowest BCUT2D eigenvalue weighted by Crippen LogP contribution is -2.20. The van der Waals surface area contributed by atoms with Crippen molar-refractivity contribution in [1.29, 1.82) is 0 Å². The van der Waals surface area contributed by atoms with Crippen molar-refractivity contribution in [3.8, 4) is 0 Å². The Balaban J connectivity index is 1.88. The molecule has 19 heavy (non-hydrogen) atoms. The smallest absolute Gasteiger partial charge is 0.0604 e. The van der Waals surface area contributed by atoms with E-state index in [1.54, 1.807) is 0 Å². The maximum Gasteiger partial charge on any atom is 0.0604 e.